The second-order valence-corrected chi connectivity index (χ2v) is 23.3. The van der Waals surface area contributed by atoms with Crippen LogP contribution in [0.25, 0.3) is 0 Å². The SMILES string of the molecule is CC1OC(COCC2C(COCC3OC(C(=O)O)[C@@H](COCC4OC(CO)[C@@H](O)C(COCC5OC(C)[C@@H](O)C(OS(=O)(=O)O)C5O)C4COCC4OC(C(=O)O)=CC(O)C4O)C(O)C3O)C(O)OC(CO)[C@H]2O)C(O)C(OS(=O)(=O)O)[C@@H]1O. The van der Waals surface area contributed by atoms with Gasteiger partial charge in [-0.15, -0.1) is 0 Å². The number of carboxylic acid groups (broad SMARTS) is 2. The van der Waals surface area contributed by atoms with Crippen LogP contribution in [0.2, 0.25) is 0 Å². The molecule has 0 aromatic heterocycles. The van der Waals surface area contributed by atoms with Crippen molar-refractivity contribution in [2.75, 3.05) is 79.3 Å². The summed E-state index contributed by atoms with van der Waals surface area (Å²) in [5.41, 5.74) is 0. The first-order valence-electron chi connectivity index (χ1n) is 26.4. The van der Waals surface area contributed by atoms with E-state index in [1.54, 1.807) is 0 Å². The maximum absolute atomic E-state index is 12.7. The van der Waals surface area contributed by atoms with Crippen LogP contribution in [0.5, 0.6) is 0 Å². The third-order valence-corrected chi connectivity index (χ3v) is 16.5. The van der Waals surface area contributed by atoms with E-state index in [-0.39, 0.29) is 0 Å². The van der Waals surface area contributed by atoms with Crippen LogP contribution < -0.4 is 0 Å². The number of hydrogen-bond acceptors (Lipinski definition) is 32. The van der Waals surface area contributed by atoms with E-state index in [1.807, 2.05) is 0 Å². The van der Waals surface area contributed by atoms with Crippen molar-refractivity contribution in [2.24, 2.45) is 29.6 Å². The van der Waals surface area contributed by atoms with Crippen molar-refractivity contribution in [1.82, 2.24) is 0 Å². The average molecular weight is 1270 g/mol. The molecular formula is C46H76O36S2. The summed E-state index contributed by atoms with van der Waals surface area (Å²) in [5, 5.41) is 159. The maximum Gasteiger partial charge on any atom is 0.397 e. The van der Waals surface area contributed by atoms with Crippen molar-refractivity contribution in [3.05, 3.63) is 11.8 Å². The molecule has 5 saturated heterocycles. The molecule has 5 fully saturated rings. The molecule has 17 N–H and O–H groups in total. The Labute approximate surface area is 479 Å². The highest BCUT2D eigenvalue weighted by atomic mass is 32.3. The lowest BCUT2D eigenvalue weighted by Crippen LogP contribution is -2.60. The molecule has 0 saturated carbocycles. The van der Waals surface area contributed by atoms with Crippen LogP contribution in [-0.2, 0) is 90.9 Å². The van der Waals surface area contributed by atoms with E-state index in [1.165, 1.54) is 13.8 Å². The largest absolute Gasteiger partial charge is 0.479 e. The van der Waals surface area contributed by atoms with Crippen LogP contribution in [0.4, 0.5) is 0 Å². The highest BCUT2D eigenvalue weighted by molar-refractivity contribution is 7.81. The summed E-state index contributed by atoms with van der Waals surface area (Å²) in [6, 6.07) is 0. The second kappa shape index (κ2) is 30.7. The minimum absolute atomic E-state index is 0.482. The molecule has 6 rings (SSSR count). The Kier molecular flexibility index (Phi) is 25.7. The van der Waals surface area contributed by atoms with E-state index in [9.17, 15) is 108 Å². The van der Waals surface area contributed by atoms with E-state index in [0.717, 1.165) is 6.08 Å². The van der Waals surface area contributed by atoms with Gasteiger partial charge in [-0.1, -0.05) is 0 Å². The Morgan fingerprint density at radius 2 is 0.845 bits per heavy atom. The fraction of sp³-hybridized carbons (Fsp3) is 0.913. The zero-order chi connectivity index (χ0) is 62.3. The van der Waals surface area contributed by atoms with Gasteiger partial charge in [-0.25, -0.2) is 18.0 Å². The predicted molar refractivity (Wildman–Crippen MR) is 264 cm³/mol. The van der Waals surface area contributed by atoms with Crippen molar-refractivity contribution < 1.29 is 173 Å². The summed E-state index contributed by atoms with van der Waals surface area (Å²) in [4.78, 5) is 24.4. The summed E-state index contributed by atoms with van der Waals surface area (Å²) in [5.74, 6) is -10.1. The molecule has 0 aromatic carbocycles. The van der Waals surface area contributed by atoms with Gasteiger partial charge in [0.05, 0.1) is 116 Å². The molecule has 0 aromatic rings. The third-order valence-electron chi connectivity index (χ3n) is 15.5. The molecule has 38 heteroatoms. The van der Waals surface area contributed by atoms with Gasteiger partial charge in [-0.3, -0.25) is 9.11 Å². The minimum atomic E-state index is -5.19. The van der Waals surface area contributed by atoms with Crippen LogP contribution in [0, 0.1) is 29.6 Å². The molecule has 488 valence electrons. The Morgan fingerprint density at radius 3 is 1.30 bits per heavy atom. The number of aliphatic hydroxyl groups excluding tert-OH is 13. The first kappa shape index (κ1) is 70.4. The summed E-state index contributed by atoms with van der Waals surface area (Å²) in [6.45, 7) is -4.67. The van der Waals surface area contributed by atoms with Gasteiger partial charge in [0.15, 0.2) is 18.5 Å². The highest BCUT2D eigenvalue weighted by Crippen LogP contribution is 2.37. The number of aliphatic carboxylic acids is 2. The van der Waals surface area contributed by atoms with Gasteiger partial charge in [0.2, 0.25) is 5.76 Å². The highest BCUT2D eigenvalue weighted by Gasteiger charge is 2.52. The number of rotatable bonds is 28. The smallest absolute Gasteiger partial charge is 0.397 e. The lowest BCUT2D eigenvalue weighted by Gasteiger charge is -2.45. The first-order chi connectivity index (χ1) is 39.4. The van der Waals surface area contributed by atoms with Crippen molar-refractivity contribution >= 4 is 32.7 Å². The van der Waals surface area contributed by atoms with Crippen molar-refractivity contribution in [3.63, 3.8) is 0 Å². The molecule has 6 heterocycles. The minimum Gasteiger partial charge on any atom is -0.479 e. The topological polar surface area (TPSA) is 566 Å². The van der Waals surface area contributed by atoms with E-state index < -0.39 is 288 Å². The monoisotopic (exact) mass is 1270 g/mol. The number of aliphatic hydroxyl groups is 13. The van der Waals surface area contributed by atoms with Gasteiger partial charge in [-0.05, 0) is 19.9 Å². The molecule has 6 aliphatic rings. The fourth-order valence-electron chi connectivity index (χ4n) is 10.9. The van der Waals surface area contributed by atoms with Gasteiger partial charge in [0.25, 0.3) is 0 Å². The first-order valence-corrected chi connectivity index (χ1v) is 29.1. The Balaban J connectivity index is 1.10. The van der Waals surface area contributed by atoms with Crippen molar-refractivity contribution in [2.45, 2.75) is 154 Å². The Bertz CT molecular complexity index is 2350. The molecule has 0 spiro atoms. The number of carbonyl (C=O) groups is 2. The molecule has 0 bridgehead atoms. The summed E-state index contributed by atoms with van der Waals surface area (Å²) >= 11 is 0. The van der Waals surface area contributed by atoms with Crippen molar-refractivity contribution in [1.29, 1.82) is 0 Å². The number of carboxylic acids is 2. The molecule has 23 unspecified atom stereocenters. The number of hydrogen-bond donors (Lipinski definition) is 17. The van der Waals surface area contributed by atoms with Gasteiger partial charge < -0.3 is 129 Å². The Morgan fingerprint density at radius 1 is 0.440 bits per heavy atom. The summed E-state index contributed by atoms with van der Waals surface area (Å²) < 4.78 is 136. The molecule has 84 heavy (non-hydrogen) atoms. The van der Waals surface area contributed by atoms with Gasteiger partial charge in [-0.2, -0.15) is 16.8 Å². The van der Waals surface area contributed by atoms with Gasteiger partial charge in [0.1, 0.15) is 85.5 Å². The standard InChI is InChI=1S/C46H76O36S2/c1-16-32(50)42(81-83(64,65)66)39(57)30(75-16)14-71-7-19-18(6-70-12-28-37(55)23(49)3-24(77-28)44(59)60)27(78-25(4-47)34(19)52)11-74-10-22-36(54)38(56)29(79-41(22)45(61)62)13-73-9-21-20(35(53)26(5-48)80-46(21)63)8-72-15-31-40(58)43(82-84(67,68)69)33(51)17(2)76-31/h3,16-23,25-43,46-58,63H,4-15H2,1-2H3,(H,59,60)(H,61,62)(H,64,65,66)(H,67,68,69)/t16?,17?,18?,19?,20?,21?,22-,23?,25?,26?,27?,28?,29?,30?,31?,32+,33+,34-,35-,36?,37?,38?,39?,40?,41?,42?,43?,46?/m0/s1. The zero-order valence-corrected chi connectivity index (χ0v) is 46.5. The molecule has 0 aliphatic carbocycles. The Hall–Kier alpha value is -2.70. The van der Waals surface area contributed by atoms with E-state index >= 15 is 0 Å². The van der Waals surface area contributed by atoms with Crippen LogP contribution in [0.15, 0.2) is 11.8 Å². The van der Waals surface area contributed by atoms with Crippen LogP contribution in [0.1, 0.15) is 13.8 Å². The molecule has 28 atom stereocenters. The molecular weight excluding hydrogens is 1190 g/mol. The lowest BCUT2D eigenvalue weighted by atomic mass is 9.79. The third kappa shape index (κ3) is 17.8. The predicted octanol–water partition coefficient (Wildman–Crippen LogP) is -9.60. The summed E-state index contributed by atoms with van der Waals surface area (Å²) in [6.07, 6.45) is -36.6. The van der Waals surface area contributed by atoms with Crippen LogP contribution in [0.3, 0.4) is 0 Å². The quantitative estimate of drug-likeness (QED) is 0.0324. The average Bonchev–Trinajstić information content (AvgIpc) is 2.82. The molecule has 36 nitrogen and oxygen atoms in total. The normalized spacial score (nSPS) is 43.3. The van der Waals surface area contributed by atoms with E-state index in [0.29, 0.717) is 0 Å². The van der Waals surface area contributed by atoms with Gasteiger partial charge in [0, 0.05) is 29.6 Å². The maximum atomic E-state index is 12.7. The van der Waals surface area contributed by atoms with E-state index in [4.69, 9.17) is 56.7 Å². The second-order valence-electron chi connectivity index (χ2n) is 21.2. The fourth-order valence-corrected chi connectivity index (χ4v) is 11.9. The molecule has 6 aliphatic heterocycles. The molecule has 0 amide bonds. The van der Waals surface area contributed by atoms with E-state index in [2.05, 4.69) is 8.37 Å². The number of ether oxygens (including phenoxy) is 11. The lowest BCUT2D eigenvalue weighted by molar-refractivity contribution is -0.275. The molecule has 0 radical (unpaired) electrons. The van der Waals surface area contributed by atoms with Crippen molar-refractivity contribution in [3.8, 4) is 0 Å². The van der Waals surface area contributed by atoms with Crippen LogP contribution in [-0.4, -0.2) is 334 Å². The summed E-state index contributed by atoms with van der Waals surface area (Å²) in [7, 11) is -10.3. The zero-order valence-electron chi connectivity index (χ0n) is 44.9. The van der Waals surface area contributed by atoms with Gasteiger partial charge >= 0.3 is 32.7 Å². The van der Waals surface area contributed by atoms with Crippen LogP contribution >= 0.6 is 0 Å².